The molecule has 3 rings (SSSR count). The van der Waals surface area contributed by atoms with Gasteiger partial charge in [-0.05, 0) is 48.1 Å². The van der Waals surface area contributed by atoms with Crippen LogP contribution in [-0.2, 0) is 11.8 Å². The second kappa shape index (κ2) is 7.35. The van der Waals surface area contributed by atoms with E-state index in [9.17, 15) is 4.79 Å². The van der Waals surface area contributed by atoms with Gasteiger partial charge in [0.2, 0.25) is 0 Å². The van der Waals surface area contributed by atoms with E-state index in [2.05, 4.69) is 44.3 Å². The summed E-state index contributed by atoms with van der Waals surface area (Å²) in [6, 6.07) is 13.9. The number of halogens is 1. The predicted octanol–water partition coefficient (Wildman–Crippen LogP) is 4.98. The Balaban J connectivity index is 2.23. The number of hydrazone groups is 1. The first-order valence-corrected chi connectivity index (χ1v) is 9.58. The van der Waals surface area contributed by atoms with E-state index in [-0.39, 0.29) is 17.5 Å². The smallest absolute Gasteiger partial charge is 0.337 e. The van der Waals surface area contributed by atoms with Crippen LogP contribution in [-0.4, -0.2) is 29.8 Å². The summed E-state index contributed by atoms with van der Waals surface area (Å²) >= 11 is 6.08. The zero-order chi connectivity index (χ0) is 19.8. The third-order valence-electron chi connectivity index (χ3n) is 4.91. The van der Waals surface area contributed by atoms with Gasteiger partial charge < -0.3 is 5.32 Å². The van der Waals surface area contributed by atoms with Gasteiger partial charge in [-0.15, -0.1) is 0 Å². The molecule has 1 heterocycles. The van der Waals surface area contributed by atoms with E-state index in [4.69, 9.17) is 16.7 Å². The van der Waals surface area contributed by atoms with E-state index in [1.54, 1.807) is 12.1 Å². The van der Waals surface area contributed by atoms with Crippen molar-refractivity contribution in [3.8, 4) is 0 Å². The zero-order valence-electron chi connectivity index (χ0n) is 16.5. The van der Waals surface area contributed by atoms with Crippen molar-refractivity contribution in [2.24, 2.45) is 5.10 Å². The van der Waals surface area contributed by atoms with Crippen molar-refractivity contribution >= 4 is 23.3 Å². The summed E-state index contributed by atoms with van der Waals surface area (Å²) < 4.78 is 0. The molecule has 0 aromatic heterocycles. The number of carbonyl (C=O) groups is 1. The summed E-state index contributed by atoms with van der Waals surface area (Å²) in [6.07, 6.45) is 0.744. The van der Waals surface area contributed by atoms with Crippen molar-refractivity contribution in [2.45, 2.75) is 45.6 Å². The molecule has 0 fully saturated rings. The highest BCUT2D eigenvalue weighted by molar-refractivity contribution is 6.30. The van der Waals surface area contributed by atoms with Gasteiger partial charge in [0.1, 0.15) is 0 Å². The molecule has 4 nitrogen and oxygen atoms in total. The molecule has 142 valence electrons. The molecule has 0 spiro atoms. The van der Waals surface area contributed by atoms with E-state index in [0.29, 0.717) is 5.02 Å². The van der Waals surface area contributed by atoms with E-state index in [0.717, 1.165) is 23.3 Å². The Morgan fingerprint density at radius 2 is 1.85 bits per heavy atom. The molecule has 1 aliphatic rings. The molecule has 0 radical (unpaired) electrons. The average molecular weight is 384 g/mol. The maximum atomic E-state index is 12.4. The lowest BCUT2D eigenvalue weighted by Crippen LogP contribution is -2.41. The van der Waals surface area contributed by atoms with Gasteiger partial charge in [-0.25, -0.2) is 9.80 Å². The SMILES string of the molecule is CNC(=O)N1N=C(c2ccc(Cl)cc2)c2cc(C(C)(C)C)ccc2CC1C. The van der Waals surface area contributed by atoms with Gasteiger partial charge in [0.05, 0.1) is 11.8 Å². The number of hydrogen-bond donors (Lipinski definition) is 1. The number of carbonyl (C=O) groups excluding carboxylic acids is 1. The molecule has 2 aromatic carbocycles. The Morgan fingerprint density at radius 1 is 1.19 bits per heavy atom. The first-order valence-electron chi connectivity index (χ1n) is 9.20. The molecule has 2 amide bonds. The standard InChI is InChI=1S/C22H26ClN3O/c1-14-12-16-6-9-17(22(2,3)4)13-19(16)20(25-26(14)21(27)24-5)15-7-10-18(23)11-8-15/h6-11,13-14H,12H2,1-5H3,(H,24,27). The molecule has 1 aliphatic heterocycles. The van der Waals surface area contributed by atoms with Gasteiger partial charge in [0, 0.05) is 23.2 Å². The average Bonchev–Trinajstić information content (AvgIpc) is 2.76. The van der Waals surface area contributed by atoms with Crippen LogP contribution in [0.2, 0.25) is 5.02 Å². The third-order valence-corrected chi connectivity index (χ3v) is 5.16. The molecule has 1 unspecified atom stereocenters. The predicted molar refractivity (Wildman–Crippen MR) is 112 cm³/mol. The number of rotatable bonds is 1. The highest BCUT2D eigenvalue weighted by atomic mass is 35.5. The minimum Gasteiger partial charge on any atom is -0.340 e. The van der Waals surface area contributed by atoms with Gasteiger partial charge in [0.15, 0.2) is 0 Å². The Labute approximate surface area is 166 Å². The summed E-state index contributed by atoms with van der Waals surface area (Å²) in [7, 11) is 1.63. The Hall–Kier alpha value is -2.33. The van der Waals surface area contributed by atoms with Crippen molar-refractivity contribution < 1.29 is 4.79 Å². The van der Waals surface area contributed by atoms with E-state index in [1.807, 2.05) is 31.2 Å². The van der Waals surface area contributed by atoms with Crippen LogP contribution >= 0.6 is 11.6 Å². The van der Waals surface area contributed by atoms with Crippen molar-refractivity contribution in [3.05, 3.63) is 69.7 Å². The summed E-state index contributed by atoms with van der Waals surface area (Å²) in [5, 5.41) is 9.70. The van der Waals surface area contributed by atoms with Crippen LogP contribution < -0.4 is 5.32 Å². The molecule has 0 aliphatic carbocycles. The fraction of sp³-hybridized carbons (Fsp3) is 0.364. The van der Waals surface area contributed by atoms with Crippen molar-refractivity contribution in [1.29, 1.82) is 0 Å². The van der Waals surface area contributed by atoms with E-state index < -0.39 is 0 Å². The van der Waals surface area contributed by atoms with Gasteiger partial charge in [-0.2, -0.15) is 5.10 Å². The normalized spacial score (nSPS) is 17.0. The highest BCUT2D eigenvalue weighted by Crippen LogP contribution is 2.30. The minimum atomic E-state index is -0.210. The molecule has 0 bridgehead atoms. The van der Waals surface area contributed by atoms with Crippen LogP contribution in [0, 0.1) is 0 Å². The van der Waals surface area contributed by atoms with Crippen molar-refractivity contribution in [1.82, 2.24) is 10.3 Å². The Morgan fingerprint density at radius 3 is 2.44 bits per heavy atom. The summed E-state index contributed by atoms with van der Waals surface area (Å²) in [5.74, 6) is 0. The molecular weight excluding hydrogens is 358 g/mol. The molecule has 5 heteroatoms. The van der Waals surface area contributed by atoms with Crippen LogP contribution in [0.3, 0.4) is 0 Å². The summed E-state index contributed by atoms with van der Waals surface area (Å²) in [5.41, 5.74) is 5.26. The number of benzene rings is 2. The fourth-order valence-electron chi connectivity index (χ4n) is 3.29. The number of fused-ring (bicyclic) bond motifs is 1. The first-order chi connectivity index (χ1) is 12.7. The monoisotopic (exact) mass is 383 g/mol. The van der Waals surface area contributed by atoms with Crippen LogP contribution in [0.15, 0.2) is 47.6 Å². The molecule has 0 saturated heterocycles. The van der Waals surface area contributed by atoms with Crippen LogP contribution in [0.5, 0.6) is 0 Å². The lowest BCUT2D eigenvalue weighted by Gasteiger charge is -2.22. The van der Waals surface area contributed by atoms with Gasteiger partial charge in [-0.1, -0.05) is 56.6 Å². The lowest BCUT2D eigenvalue weighted by atomic mass is 9.83. The van der Waals surface area contributed by atoms with E-state index >= 15 is 0 Å². The maximum Gasteiger partial charge on any atom is 0.337 e. The van der Waals surface area contributed by atoms with Crippen molar-refractivity contribution in [2.75, 3.05) is 7.05 Å². The quantitative estimate of drug-likeness (QED) is 0.741. The first kappa shape index (κ1) is 19.4. The second-order valence-corrected chi connectivity index (χ2v) is 8.47. The summed E-state index contributed by atoms with van der Waals surface area (Å²) in [4.78, 5) is 12.4. The summed E-state index contributed by atoms with van der Waals surface area (Å²) in [6.45, 7) is 8.61. The van der Waals surface area contributed by atoms with Gasteiger partial charge in [-0.3, -0.25) is 0 Å². The van der Waals surface area contributed by atoms with Gasteiger partial charge in [0.25, 0.3) is 0 Å². The second-order valence-electron chi connectivity index (χ2n) is 8.03. The number of nitrogens with zero attached hydrogens (tertiary/aromatic N) is 2. The largest absolute Gasteiger partial charge is 0.340 e. The Kier molecular flexibility index (Phi) is 5.29. The fourth-order valence-corrected chi connectivity index (χ4v) is 3.41. The lowest BCUT2D eigenvalue weighted by molar-refractivity contribution is 0.184. The highest BCUT2D eigenvalue weighted by Gasteiger charge is 2.28. The maximum absolute atomic E-state index is 12.4. The van der Waals surface area contributed by atoms with Crippen LogP contribution in [0.1, 0.15) is 49.9 Å². The third kappa shape index (κ3) is 4.01. The molecule has 27 heavy (non-hydrogen) atoms. The van der Waals surface area contributed by atoms with E-state index in [1.165, 1.54) is 11.1 Å². The Bertz CT molecular complexity index is 881. The van der Waals surface area contributed by atoms with Gasteiger partial charge >= 0.3 is 6.03 Å². The topological polar surface area (TPSA) is 44.7 Å². The molecule has 0 saturated carbocycles. The zero-order valence-corrected chi connectivity index (χ0v) is 17.3. The number of nitrogens with one attached hydrogen (secondary N) is 1. The van der Waals surface area contributed by atoms with Crippen LogP contribution in [0.25, 0.3) is 0 Å². The number of urea groups is 1. The minimum absolute atomic E-state index is 0.0263. The van der Waals surface area contributed by atoms with Crippen molar-refractivity contribution in [3.63, 3.8) is 0 Å². The molecular formula is C22H26ClN3O. The molecule has 1 N–H and O–H groups in total. The molecule has 2 aromatic rings. The number of amides is 2. The van der Waals surface area contributed by atoms with Crippen LogP contribution in [0.4, 0.5) is 4.79 Å². The molecule has 1 atom stereocenters. The number of hydrogen-bond acceptors (Lipinski definition) is 2.